The predicted molar refractivity (Wildman–Crippen MR) is 105 cm³/mol. The van der Waals surface area contributed by atoms with E-state index in [2.05, 4.69) is 10.6 Å². The highest BCUT2D eigenvalue weighted by Crippen LogP contribution is 2.19. The molecular weight excluding hydrogens is 364 g/mol. The number of amides is 2. The largest absolute Gasteiger partial charge is 0.459 e. The fraction of sp³-hybridized carbons (Fsp3) is 0.143. The summed E-state index contributed by atoms with van der Waals surface area (Å²) in [6.07, 6.45) is 1.43. The van der Waals surface area contributed by atoms with E-state index in [0.717, 1.165) is 16.7 Å². The van der Waals surface area contributed by atoms with E-state index in [-0.39, 0.29) is 17.6 Å². The average Bonchev–Trinajstić information content (AvgIpc) is 3.19. The number of carbonyl (C=O) groups excluding carboxylic acids is 2. The van der Waals surface area contributed by atoms with Gasteiger partial charge in [-0.2, -0.15) is 0 Å². The monoisotopic (exact) mass is 382 g/mol. The number of furan rings is 1. The first kappa shape index (κ1) is 18.7. The quantitative estimate of drug-likeness (QED) is 0.670. The highest BCUT2D eigenvalue weighted by molar-refractivity contribution is 6.30. The van der Waals surface area contributed by atoms with Gasteiger partial charge in [-0.05, 0) is 66.9 Å². The van der Waals surface area contributed by atoms with Gasteiger partial charge in [-0.3, -0.25) is 9.59 Å². The Morgan fingerprint density at radius 1 is 1.00 bits per heavy atom. The van der Waals surface area contributed by atoms with Crippen LogP contribution >= 0.6 is 11.6 Å². The lowest BCUT2D eigenvalue weighted by molar-refractivity contribution is 0.0949. The summed E-state index contributed by atoms with van der Waals surface area (Å²) in [5, 5.41) is 6.28. The molecule has 0 unspecified atom stereocenters. The lowest BCUT2D eigenvalue weighted by Crippen LogP contribution is -2.23. The second-order valence-corrected chi connectivity index (χ2v) is 6.65. The minimum Gasteiger partial charge on any atom is -0.459 e. The maximum atomic E-state index is 12.5. The summed E-state index contributed by atoms with van der Waals surface area (Å²) in [6, 6.07) is 13.9. The molecule has 0 saturated carbocycles. The molecule has 0 fully saturated rings. The summed E-state index contributed by atoms with van der Waals surface area (Å²) in [5.74, 6) is -0.390. The molecule has 0 aliphatic carbocycles. The van der Waals surface area contributed by atoms with E-state index in [0.29, 0.717) is 22.8 Å². The third-order valence-electron chi connectivity index (χ3n) is 4.24. The van der Waals surface area contributed by atoms with Gasteiger partial charge in [0.15, 0.2) is 5.76 Å². The molecule has 0 atom stereocenters. The molecule has 2 aromatic carbocycles. The molecular formula is C21H19ClN2O3. The van der Waals surface area contributed by atoms with E-state index >= 15 is 0 Å². The highest BCUT2D eigenvalue weighted by Gasteiger charge is 2.13. The van der Waals surface area contributed by atoms with Crippen LogP contribution in [0.5, 0.6) is 0 Å². The second-order valence-electron chi connectivity index (χ2n) is 6.21. The van der Waals surface area contributed by atoms with Crippen molar-refractivity contribution in [3.8, 4) is 0 Å². The summed E-state index contributed by atoms with van der Waals surface area (Å²) in [6.45, 7) is 4.19. The topological polar surface area (TPSA) is 71.3 Å². The molecule has 2 N–H and O–H groups in total. The highest BCUT2D eigenvalue weighted by atomic mass is 35.5. The molecule has 27 heavy (non-hydrogen) atoms. The van der Waals surface area contributed by atoms with Crippen LogP contribution in [0.4, 0.5) is 5.69 Å². The predicted octanol–water partition coefficient (Wildman–Crippen LogP) is 4.73. The Bertz CT molecular complexity index is 981. The van der Waals surface area contributed by atoms with Crippen LogP contribution in [-0.2, 0) is 6.54 Å². The Labute approximate surface area is 162 Å². The van der Waals surface area contributed by atoms with Crippen molar-refractivity contribution in [1.82, 2.24) is 5.32 Å². The molecule has 0 spiro atoms. The third kappa shape index (κ3) is 4.57. The Morgan fingerprint density at radius 3 is 2.52 bits per heavy atom. The second kappa shape index (κ2) is 8.10. The van der Waals surface area contributed by atoms with Gasteiger partial charge >= 0.3 is 0 Å². The Hall–Kier alpha value is -3.05. The van der Waals surface area contributed by atoms with Gasteiger partial charge in [0.05, 0.1) is 6.26 Å². The van der Waals surface area contributed by atoms with Gasteiger partial charge in [0, 0.05) is 22.8 Å². The van der Waals surface area contributed by atoms with Gasteiger partial charge in [0.25, 0.3) is 11.8 Å². The van der Waals surface area contributed by atoms with Crippen molar-refractivity contribution in [2.45, 2.75) is 20.4 Å². The average molecular weight is 383 g/mol. The van der Waals surface area contributed by atoms with Crippen molar-refractivity contribution < 1.29 is 14.0 Å². The first-order valence-corrected chi connectivity index (χ1v) is 8.80. The van der Waals surface area contributed by atoms with E-state index in [1.807, 2.05) is 32.0 Å². The molecule has 5 nitrogen and oxygen atoms in total. The minimum atomic E-state index is -0.366. The summed E-state index contributed by atoms with van der Waals surface area (Å²) in [5.41, 5.74) is 3.86. The van der Waals surface area contributed by atoms with Gasteiger partial charge in [0.1, 0.15) is 0 Å². The maximum Gasteiger partial charge on any atom is 0.291 e. The lowest BCUT2D eigenvalue weighted by Gasteiger charge is -2.11. The molecule has 1 aromatic heterocycles. The molecule has 6 heteroatoms. The number of rotatable bonds is 5. The van der Waals surface area contributed by atoms with Crippen LogP contribution in [0.15, 0.2) is 59.2 Å². The van der Waals surface area contributed by atoms with Crippen LogP contribution in [0, 0.1) is 13.8 Å². The number of benzene rings is 2. The number of hydrogen-bond donors (Lipinski definition) is 2. The molecule has 3 rings (SSSR count). The van der Waals surface area contributed by atoms with Gasteiger partial charge in [-0.15, -0.1) is 0 Å². The number of carbonyl (C=O) groups is 2. The van der Waals surface area contributed by atoms with Crippen molar-refractivity contribution in [1.29, 1.82) is 0 Å². The van der Waals surface area contributed by atoms with Gasteiger partial charge in [0.2, 0.25) is 0 Å². The summed E-state index contributed by atoms with van der Waals surface area (Å²) >= 11 is 6.02. The van der Waals surface area contributed by atoms with Crippen molar-refractivity contribution >= 4 is 29.1 Å². The van der Waals surface area contributed by atoms with Crippen molar-refractivity contribution in [3.63, 3.8) is 0 Å². The molecule has 2 amide bonds. The lowest BCUT2D eigenvalue weighted by atomic mass is 10.1. The summed E-state index contributed by atoms with van der Waals surface area (Å²) in [4.78, 5) is 24.7. The van der Waals surface area contributed by atoms with Crippen molar-refractivity contribution in [2.75, 3.05) is 5.32 Å². The number of nitrogens with one attached hydrogen (secondary N) is 2. The van der Waals surface area contributed by atoms with E-state index in [9.17, 15) is 9.59 Å². The molecule has 0 bridgehead atoms. The standard InChI is InChI=1S/C21H19ClN2O3/c1-13-6-8-17(22)10-16(13)12-23-20(25)15-7-5-14(2)18(11-15)24-21(26)19-4-3-9-27-19/h3-11H,12H2,1-2H3,(H,23,25)(H,24,26). The number of hydrogen-bond acceptors (Lipinski definition) is 3. The van der Waals surface area contributed by atoms with E-state index in [4.69, 9.17) is 16.0 Å². The fourth-order valence-corrected chi connectivity index (χ4v) is 2.79. The van der Waals surface area contributed by atoms with Crippen LogP contribution < -0.4 is 10.6 Å². The van der Waals surface area contributed by atoms with E-state index < -0.39 is 0 Å². The normalized spacial score (nSPS) is 10.5. The van der Waals surface area contributed by atoms with Crippen LogP contribution in [0.25, 0.3) is 0 Å². The van der Waals surface area contributed by atoms with Gasteiger partial charge in [-0.25, -0.2) is 0 Å². The molecule has 0 radical (unpaired) electrons. The molecule has 138 valence electrons. The number of halogens is 1. The molecule has 0 aliphatic heterocycles. The van der Waals surface area contributed by atoms with Crippen LogP contribution in [0.2, 0.25) is 5.02 Å². The number of anilines is 1. The first-order chi connectivity index (χ1) is 12.9. The molecule has 3 aromatic rings. The van der Waals surface area contributed by atoms with Crippen LogP contribution in [-0.4, -0.2) is 11.8 Å². The van der Waals surface area contributed by atoms with E-state index in [1.54, 1.807) is 30.3 Å². The van der Waals surface area contributed by atoms with Crippen molar-refractivity contribution in [3.05, 3.63) is 87.8 Å². The van der Waals surface area contributed by atoms with Gasteiger partial charge < -0.3 is 15.1 Å². The zero-order valence-electron chi connectivity index (χ0n) is 15.0. The number of aryl methyl sites for hydroxylation is 2. The smallest absolute Gasteiger partial charge is 0.291 e. The minimum absolute atomic E-state index is 0.209. The molecule has 0 saturated heterocycles. The fourth-order valence-electron chi connectivity index (χ4n) is 2.60. The van der Waals surface area contributed by atoms with Gasteiger partial charge in [-0.1, -0.05) is 23.7 Å². The molecule has 0 aliphatic rings. The van der Waals surface area contributed by atoms with E-state index in [1.165, 1.54) is 6.26 Å². The van der Waals surface area contributed by atoms with Crippen LogP contribution in [0.3, 0.4) is 0 Å². The maximum absolute atomic E-state index is 12.5. The Kier molecular flexibility index (Phi) is 5.62. The first-order valence-electron chi connectivity index (χ1n) is 8.43. The summed E-state index contributed by atoms with van der Waals surface area (Å²) in [7, 11) is 0. The zero-order chi connectivity index (χ0) is 19.4. The summed E-state index contributed by atoms with van der Waals surface area (Å²) < 4.78 is 5.09. The Balaban J connectivity index is 1.71. The molecule has 1 heterocycles. The van der Waals surface area contributed by atoms with Crippen LogP contribution in [0.1, 0.15) is 37.6 Å². The van der Waals surface area contributed by atoms with Crippen molar-refractivity contribution in [2.24, 2.45) is 0 Å². The Morgan fingerprint density at radius 2 is 1.78 bits per heavy atom. The zero-order valence-corrected chi connectivity index (χ0v) is 15.8. The third-order valence-corrected chi connectivity index (χ3v) is 4.48. The SMILES string of the molecule is Cc1ccc(Cl)cc1CNC(=O)c1ccc(C)c(NC(=O)c2ccco2)c1.